The summed E-state index contributed by atoms with van der Waals surface area (Å²) in [6, 6.07) is 4.52. The van der Waals surface area contributed by atoms with Crippen molar-refractivity contribution in [2.45, 2.75) is 52.0 Å². The quantitative estimate of drug-likeness (QED) is 0.694. The molecule has 0 aliphatic carbocycles. The summed E-state index contributed by atoms with van der Waals surface area (Å²) in [5.74, 6) is -0.813. The topological polar surface area (TPSA) is 110 Å². The van der Waals surface area contributed by atoms with Crippen molar-refractivity contribution in [2.75, 3.05) is 13.6 Å². The number of carbonyl (C=O) groups excluding carboxylic acids is 2. The van der Waals surface area contributed by atoms with Gasteiger partial charge in [0.15, 0.2) is 0 Å². The van der Waals surface area contributed by atoms with E-state index in [1.54, 1.807) is 18.2 Å². The number of hydrogen-bond donors (Lipinski definition) is 2. The van der Waals surface area contributed by atoms with E-state index in [0.717, 1.165) is 0 Å². The second-order valence-corrected chi connectivity index (χ2v) is 8.74. The summed E-state index contributed by atoms with van der Waals surface area (Å²) in [7, 11) is 1.47. The Kier molecular flexibility index (Phi) is 6.77. The van der Waals surface area contributed by atoms with E-state index < -0.39 is 36.1 Å². The summed E-state index contributed by atoms with van der Waals surface area (Å²) < 4.78 is 31.5. The van der Waals surface area contributed by atoms with E-state index >= 15 is 0 Å². The summed E-state index contributed by atoms with van der Waals surface area (Å²) in [5, 5.41) is 20.8. The number of halogens is 2. The van der Waals surface area contributed by atoms with E-state index in [1.165, 1.54) is 28.9 Å². The first kappa shape index (κ1) is 23.6. The Hall–Kier alpha value is -3.08. The van der Waals surface area contributed by atoms with Crippen LogP contribution in [0.3, 0.4) is 0 Å². The third kappa shape index (κ3) is 4.87. The van der Waals surface area contributed by atoms with Crippen LogP contribution in [0.25, 0.3) is 11.3 Å². The Bertz CT molecular complexity index is 975. The van der Waals surface area contributed by atoms with Gasteiger partial charge in [0.2, 0.25) is 11.8 Å². The Morgan fingerprint density at radius 1 is 1.28 bits per heavy atom. The van der Waals surface area contributed by atoms with Crippen molar-refractivity contribution in [1.29, 1.82) is 0 Å². The zero-order valence-corrected chi connectivity index (χ0v) is 18.3. The average molecular weight is 451 g/mol. The molecule has 2 heterocycles. The number of carbonyl (C=O) groups is 2. The van der Waals surface area contributed by atoms with Crippen LogP contribution in [0, 0.1) is 5.41 Å². The van der Waals surface area contributed by atoms with Gasteiger partial charge < -0.3 is 20.1 Å². The number of hydrogen-bond acceptors (Lipinski definition) is 6. The minimum atomic E-state index is -3.00. The maximum Gasteiger partial charge on any atom is 0.387 e. The molecule has 3 atom stereocenters. The predicted octanol–water partition coefficient (Wildman–Crippen LogP) is 1.84. The molecule has 9 nitrogen and oxygen atoms in total. The van der Waals surface area contributed by atoms with Crippen molar-refractivity contribution in [3.8, 4) is 17.0 Å². The number of aliphatic hydroxyl groups excluding tert-OH is 1. The summed E-state index contributed by atoms with van der Waals surface area (Å²) in [6.07, 6.45) is 0.818. The lowest BCUT2D eigenvalue weighted by molar-refractivity contribution is -0.144. The van der Waals surface area contributed by atoms with Gasteiger partial charge in [0, 0.05) is 25.6 Å². The van der Waals surface area contributed by atoms with Gasteiger partial charge >= 0.3 is 6.61 Å². The number of likely N-dealkylation sites (N-methyl/N-ethyl adjacent to an activating group) is 1. The number of amides is 2. The van der Waals surface area contributed by atoms with E-state index in [-0.39, 0.29) is 30.3 Å². The van der Waals surface area contributed by atoms with Crippen molar-refractivity contribution >= 4 is 11.8 Å². The number of aliphatic hydroxyl groups is 1. The largest absolute Gasteiger partial charge is 0.434 e. The molecule has 0 radical (unpaired) electrons. The van der Waals surface area contributed by atoms with Crippen LogP contribution in [-0.4, -0.2) is 69.2 Å². The van der Waals surface area contributed by atoms with Crippen LogP contribution >= 0.6 is 0 Å². The van der Waals surface area contributed by atoms with Gasteiger partial charge in [-0.1, -0.05) is 38.1 Å². The predicted molar refractivity (Wildman–Crippen MR) is 111 cm³/mol. The highest BCUT2D eigenvalue weighted by atomic mass is 19.3. The molecule has 3 rings (SSSR count). The van der Waals surface area contributed by atoms with Crippen LogP contribution in [0.2, 0.25) is 0 Å². The molecule has 11 heteroatoms. The van der Waals surface area contributed by atoms with Crippen LogP contribution in [-0.2, 0) is 9.59 Å². The number of rotatable bonds is 6. The summed E-state index contributed by atoms with van der Waals surface area (Å²) in [4.78, 5) is 27.2. The number of aromatic nitrogens is 3. The highest BCUT2D eigenvalue weighted by Crippen LogP contribution is 2.36. The van der Waals surface area contributed by atoms with Crippen LogP contribution in [0.15, 0.2) is 30.5 Å². The standard InChI is InChI=1S/C21H27F2N5O4/c1-21(2,3)17(19(31)27-10-12(29)9-15(27)18(30)24-4)28-11-14(25-26-28)13-7-5-6-8-16(13)32-20(22)23/h5-8,11-12,15,17,20,29H,9-10H2,1-4H3,(H,24,30)/t12-,15+,17-/m1/s1. The van der Waals surface area contributed by atoms with E-state index in [1.807, 2.05) is 20.8 Å². The minimum Gasteiger partial charge on any atom is -0.434 e. The number of nitrogens with zero attached hydrogens (tertiary/aromatic N) is 4. The zero-order valence-electron chi connectivity index (χ0n) is 18.3. The number of benzene rings is 1. The number of alkyl halides is 2. The Morgan fingerprint density at radius 3 is 2.59 bits per heavy atom. The molecule has 1 aromatic carbocycles. The molecule has 2 N–H and O–H groups in total. The maximum atomic E-state index is 13.5. The fourth-order valence-electron chi connectivity index (χ4n) is 3.91. The Morgan fingerprint density at radius 2 is 1.97 bits per heavy atom. The molecule has 1 saturated heterocycles. The van der Waals surface area contributed by atoms with Crippen LogP contribution in [0.5, 0.6) is 5.75 Å². The van der Waals surface area contributed by atoms with Crippen molar-refractivity contribution in [2.24, 2.45) is 5.41 Å². The lowest BCUT2D eigenvalue weighted by atomic mass is 9.85. The van der Waals surface area contributed by atoms with Gasteiger partial charge in [-0.25, -0.2) is 4.68 Å². The molecular formula is C21H27F2N5O4. The smallest absolute Gasteiger partial charge is 0.387 e. The number of likely N-dealkylation sites (tertiary alicyclic amines) is 1. The molecule has 0 bridgehead atoms. The third-order valence-corrected chi connectivity index (χ3v) is 5.32. The molecule has 1 aromatic heterocycles. The van der Waals surface area contributed by atoms with Crippen molar-refractivity contribution in [1.82, 2.24) is 25.2 Å². The fraction of sp³-hybridized carbons (Fsp3) is 0.524. The highest BCUT2D eigenvalue weighted by Gasteiger charge is 2.45. The van der Waals surface area contributed by atoms with Crippen molar-refractivity contribution in [3.63, 3.8) is 0 Å². The average Bonchev–Trinajstić information content (AvgIpc) is 3.33. The van der Waals surface area contributed by atoms with Gasteiger partial charge in [0.25, 0.3) is 0 Å². The van der Waals surface area contributed by atoms with Crippen molar-refractivity contribution < 1.29 is 28.2 Å². The number of ether oxygens (including phenoxy) is 1. The highest BCUT2D eigenvalue weighted by molar-refractivity contribution is 5.90. The maximum absolute atomic E-state index is 13.5. The lowest BCUT2D eigenvalue weighted by Crippen LogP contribution is -2.49. The molecule has 0 unspecified atom stereocenters. The first-order chi connectivity index (χ1) is 15.0. The monoisotopic (exact) mass is 451 g/mol. The molecule has 2 aromatic rings. The van der Waals surface area contributed by atoms with Crippen molar-refractivity contribution in [3.05, 3.63) is 30.5 Å². The Balaban J connectivity index is 1.97. The molecule has 0 saturated carbocycles. The third-order valence-electron chi connectivity index (χ3n) is 5.32. The summed E-state index contributed by atoms with van der Waals surface area (Å²) in [5.41, 5.74) is -0.0754. The molecular weight excluding hydrogens is 424 g/mol. The van der Waals surface area contributed by atoms with Gasteiger partial charge in [0.05, 0.1) is 12.3 Å². The molecule has 1 aliphatic heterocycles. The van der Waals surface area contributed by atoms with Gasteiger partial charge in [-0.15, -0.1) is 5.10 Å². The lowest BCUT2D eigenvalue weighted by Gasteiger charge is -2.34. The molecule has 0 spiro atoms. The number of para-hydroxylation sites is 1. The van der Waals surface area contributed by atoms with E-state index in [2.05, 4.69) is 20.4 Å². The van der Waals surface area contributed by atoms with Gasteiger partial charge in [-0.05, 0) is 17.5 Å². The van der Waals surface area contributed by atoms with E-state index in [4.69, 9.17) is 0 Å². The first-order valence-corrected chi connectivity index (χ1v) is 10.2. The molecule has 32 heavy (non-hydrogen) atoms. The van der Waals surface area contributed by atoms with Gasteiger partial charge in [-0.3, -0.25) is 9.59 Å². The zero-order chi connectivity index (χ0) is 23.6. The number of β-amino-alcohol motifs (C(OH)–C–C–N with tert-alkyl or cyclic N) is 1. The van der Waals surface area contributed by atoms with E-state index in [0.29, 0.717) is 5.56 Å². The van der Waals surface area contributed by atoms with Gasteiger partial charge in [0.1, 0.15) is 23.5 Å². The van der Waals surface area contributed by atoms with E-state index in [9.17, 15) is 23.5 Å². The van der Waals surface area contributed by atoms with Crippen LogP contribution in [0.1, 0.15) is 33.2 Å². The SMILES string of the molecule is CNC(=O)[C@@H]1C[C@@H](O)CN1C(=O)[C@@H](n1cc(-c2ccccc2OC(F)F)nn1)C(C)(C)C. The normalized spacial score (nSPS) is 19.8. The molecule has 1 aliphatic rings. The second-order valence-electron chi connectivity index (χ2n) is 8.74. The molecule has 174 valence electrons. The van der Waals surface area contributed by atoms with Crippen LogP contribution in [0.4, 0.5) is 8.78 Å². The van der Waals surface area contributed by atoms with Crippen LogP contribution < -0.4 is 10.1 Å². The number of nitrogens with one attached hydrogen (secondary N) is 1. The van der Waals surface area contributed by atoms with Gasteiger partial charge in [-0.2, -0.15) is 8.78 Å². The first-order valence-electron chi connectivity index (χ1n) is 10.2. The second kappa shape index (κ2) is 9.19. The molecule has 1 fully saturated rings. The Labute approximate surface area is 184 Å². The minimum absolute atomic E-state index is 0.0239. The summed E-state index contributed by atoms with van der Waals surface area (Å²) >= 11 is 0. The fourth-order valence-corrected chi connectivity index (χ4v) is 3.91. The molecule has 2 amide bonds. The summed E-state index contributed by atoms with van der Waals surface area (Å²) in [6.45, 7) is 2.54.